The molecule has 1 saturated heterocycles. The highest BCUT2D eigenvalue weighted by atomic mass is 19.1. The van der Waals surface area contributed by atoms with Gasteiger partial charge in [0.25, 0.3) is 0 Å². The number of methoxy groups -OCH3 is 2. The summed E-state index contributed by atoms with van der Waals surface area (Å²) in [5.74, 6) is 1.60. The number of carbonyl (C=O) groups is 1. The molecule has 0 saturated carbocycles. The van der Waals surface area contributed by atoms with Gasteiger partial charge in [-0.05, 0) is 30.3 Å². The zero-order chi connectivity index (χ0) is 22.9. The van der Waals surface area contributed by atoms with Gasteiger partial charge in [0.2, 0.25) is 5.91 Å². The monoisotopic (exact) mass is 445 g/mol. The molecule has 33 heavy (non-hydrogen) atoms. The zero-order valence-corrected chi connectivity index (χ0v) is 18.5. The summed E-state index contributed by atoms with van der Waals surface area (Å²) in [6, 6.07) is 19.9. The van der Waals surface area contributed by atoms with Crippen LogP contribution in [0.4, 0.5) is 10.1 Å². The van der Waals surface area contributed by atoms with Gasteiger partial charge in [-0.25, -0.2) is 9.37 Å². The highest BCUT2D eigenvalue weighted by Crippen LogP contribution is 2.39. The van der Waals surface area contributed by atoms with E-state index in [1.807, 2.05) is 34.9 Å². The number of fused-ring (bicyclic) bond motifs is 1. The fraction of sp³-hybridized carbons (Fsp3) is 0.231. The van der Waals surface area contributed by atoms with Gasteiger partial charge in [0, 0.05) is 30.5 Å². The van der Waals surface area contributed by atoms with Crippen LogP contribution in [0.15, 0.2) is 66.7 Å². The highest BCUT2D eigenvalue weighted by molar-refractivity contribution is 5.98. The summed E-state index contributed by atoms with van der Waals surface area (Å²) in [5, 5.41) is 0. The van der Waals surface area contributed by atoms with Crippen LogP contribution >= 0.6 is 0 Å². The van der Waals surface area contributed by atoms with Crippen molar-refractivity contribution in [3.05, 3.63) is 83.9 Å². The molecule has 1 aliphatic heterocycles. The predicted molar refractivity (Wildman–Crippen MR) is 124 cm³/mol. The molecular weight excluding hydrogens is 421 g/mol. The average Bonchev–Trinajstić information content (AvgIpc) is 3.40. The Balaban J connectivity index is 1.54. The van der Waals surface area contributed by atoms with Crippen molar-refractivity contribution in [1.82, 2.24) is 9.55 Å². The van der Waals surface area contributed by atoms with Crippen molar-refractivity contribution in [2.24, 2.45) is 0 Å². The molecule has 0 bridgehead atoms. The molecule has 2 heterocycles. The van der Waals surface area contributed by atoms with E-state index in [4.69, 9.17) is 14.5 Å². The molecule has 1 amide bonds. The maximum absolute atomic E-state index is 14.5. The molecule has 1 atom stereocenters. The normalized spacial score (nSPS) is 15.9. The number of hydrogen-bond donors (Lipinski definition) is 0. The summed E-state index contributed by atoms with van der Waals surface area (Å²) in [6.45, 7) is 0.790. The molecule has 5 rings (SSSR count). The number of ether oxygens (including phenoxy) is 2. The summed E-state index contributed by atoms with van der Waals surface area (Å²) in [4.78, 5) is 19.7. The number of amides is 1. The summed E-state index contributed by atoms with van der Waals surface area (Å²) in [5.41, 5.74) is 2.99. The van der Waals surface area contributed by atoms with Crippen molar-refractivity contribution in [3.8, 4) is 11.5 Å². The van der Waals surface area contributed by atoms with Crippen LogP contribution < -0.4 is 14.4 Å². The third kappa shape index (κ3) is 3.80. The number of hydrogen-bond acceptors (Lipinski definition) is 4. The van der Waals surface area contributed by atoms with Crippen LogP contribution in [0, 0.1) is 5.82 Å². The van der Waals surface area contributed by atoms with E-state index in [0.717, 1.165) is 16.9 Å². The lowest BCUT2D eigenvalue weighted by Crippen LogP contribution is -2.25. The molecule has 1 aromatic heterocycles. The average molecular weight is 445 g/mol. The summed E-state index contributed by atoms with van der Waals surface area (Å²) < 4.78 is 27.3. The molecule has 7 heteroatoms. The fourth-order valence-electron chi connectivity index (χ4n) is 4.49. The minimum absolute atomic E-state index is 0.0175. The van der Waals surface area contributed by atoms with Crippen LogP contribution in [0.3, 0.4) is 0 Å². The van der Waals surface area contributed by atoms with Crippen molar-refractivity contribution < 1.29 is 18.7 Å². The predicted octanol–water partition coefficient (Wildman–Crippen LogP) is 4.76. The largest absolute Gasteiger partial charge is 0.497 e. The Kier molecular flexibility index (Phi) is 5.46. The first-order chi connectivity index (χ1) is 16.1. The second-order valence-corrected chi connectivity index (χ2v) is 8.08. The van der Waals surface area contributed by atoms with E-state index in [1.165, 1.54) is 6.07 Å². The highest BCUT2D eigenvalue weighted by Gasteiger charge is 2.36. The van der Waals surface area contributed by atoms with Crippen molar-refractivity contribution in [2.45, 2.75) is 18.9 Å². The first-order valence-electron chi connectivity index (χ1n) is 10.8. The van der Waals surface area contributed by atoms with Crippen LogP contribution in [0.1, 0.15) is 23.7 Å². The van der Waals surface area contributed by atoms with Gasteiger partial charge in [-0.2, -0.15) is 0 Å². The second-order valence-electron chi connectivity index (χ2n) is 8.08. The Bertz CT molecular complexity index is 1330. The molecule has 6 nitrogen and oxygen atoms in total. The maximum atomic E-state index is 14.5. The molecule has 0 radical (unpaired) electrons. The van der Waals surface area contributed by atoms with E-state index >= 15 is 0 Å². The summed E-state index contributed by atoms with van der Waals surface area (Å²) >= 11 is 0. The minimum atomic E-state index is -0.258. The number of benzene rings is 3. The number of anilines is 1. The first-order valence-corrected chi connectivity index (χ1v) is 10.8. The summed E-state index contributed by atoms with van der Waals surface area (Å²) in [6.07, 6.45) is 0.307. The van der Waals surface area contributed by atoms with E-state index in [0.29, 0.717) is 42.3 Å². The molecule has 0 spiro atoms. The van der Waals surface area contributed by atoms with Gasteiger partial charge in [-0.15, -0.1) is 0 Å². The van der Waals surface area contributed by atoms with Crippen LogP contribution in [0.5, 0.6) is 11.5 Å². The Labute approximate surface area is 191 Å². The van der Waals surface area contributed by atoms with E-state index in [2.05, 4.69) is 0 Å². The maximum Gasteiger partial charge on any atom is 0.227 e. The summed E-state index contributed by atoms with van der Waals surface area (Å²) in [7, 11) is 3.17. The fourth-order valence-corrected chi connectivity index (χ4v) is 4.49. The second kappa shape index (κ2) is 8.58. The van der Waals surface area contributed by atoms with Gasteiger partial charge < -0.3 is 18.9 Å². The standard InChI is InChI=1S/C26H24FN3O3/c1-32-19-11-12-24(33-2)23(14-19)29-16-18(13-25(29)31)26-28-21-9-5-6-10-22(21)30(26)15-17-7-3-4-8-20(17)27/h3-12,14,18H,13,15-16H2,1-2H3/t18-/m0/s1. The molecule has 0 aliphatic carbocycles. The third-order valence-electron chi connectivity index (χ3n) is 6.14. The number of halogens is 1. The van der Waals surface area contributed by atoms with Crippen LogP contribution in [0.2, 0.25) is 0 Å². The van der Waals surface area contributed by atoms with Gasteiger partial charge in [-0.3, -0.25) is 4.79 Å². The van der Waals surface area contributed by atoms with E-state index in [1.54, 1.807) is 49.5 Å². The Morgan fingerprint density at radius 1 is 1.03 bits per heavy atom. The van der Waals surface area contributed by atoms with Gasteiger partial charge in [0.1, 0.15) is 23.1 Å². The molecule has 3 aromatic carbocycles. The smallest absolute Gasteiger partial charge is 0.227 e. The van der Waals surface area contributed by atoms with Crippen molar-refractivity contribution in [1.29, 1.82) is 0 Å². The van der Waals surface area contributed by atoms with Crippen molar-refractivity contribution >= 4 is 22.6 Å². The van der Waals surface area contributed by atoms with E-state index in [9.17, 15) is 9.18 Å². The SMILES string of the molecule is COc1ccc(OC)c(N2C[C@@H](c3nc4ccccc4n3Cc3ccccc3F)CC2=O)c1. The number of carbonyl (C=O) groups excluding carboxylic acids is 1. The number of rotatable bonds is 6. The topological polar surface area (TPSA) is 56.6 Å². The van der Waals surface area contributed by atoms with E-state index in [-0.39, 0.29) is 17.6 Å². The van der Waals surface area contributed by atoms with Gasteiger partial charge in [0.15, 0.2) is 0 Å². The van der Waals surface area contributed by atoms with E-state index < -0.39 is 0 Å². The van der Waals surface area contributed by atoms with Crippen LogP contribution in [-0.2, 0) is 11.3 Å². The lowest BCUT2D eigenvalue weighted by Gasteiger charge is -2.20. The molecular formula is C26H24FN3O3. The number of nitrogens with zero attached hydrogens (tertiary/aromatic N) is 3. The quantitative estimate of drug-likeness (QED) is 0.429. The molecule has 0 N–H and O–H groups in total. The minimum Gasteiger partial charge on any atom is -0.497 e. The van der Waals surface area contributed by atoms with Crippen LogP contribution in [-0.4, -0.2) is 36.2 Å². The molecule has 168 valence electrons. The van der Waals surface area contributed by atoms with Gasteiger partial charge in [-0.1, -0.05) is 30.3 Å². The Morgan fingerprint density at radius 3 is 2.61 bits per heavy atom. The van der Waals surface area contributed by atoms with Gasteiger partial charge in [0.05, 0.1) is 37.5 Å². The lowest BCUT2D eigenvalue weighted by atomic mass is 10.1. The molecule has 1 aliphatic rings. The van der Waals surface area contributed by atoms with Crippen molar-refractivity contribution in [3.63, 3.8) is 0 Å². The van der Waals surface area contributed by atoms with Gasteiger partial charge >= 0.3 is 0 Å². The van der Waals surface area contributed by atoms with Crippen LogP contribution in [0.25, 0.3) is 11.0 Å². The number of para-hydroxylation sites is 2. The lowest BCUT2D eigenvalue weighted by molar-refractivity contribution is -0.117. The Hall–Kier alpha value is -3.87. The van der Waals surface area contributed by atoms with Crippen molar-refractivity contribution in [2.75, 3.05) is 25.7 Å². The molecule has 0 unspecified atom stereocenters. The first kappa shape index (κ1) is 21.0. The zero-order valence-electron chi connectivity index (χ0n) is 18.5. The third-order valence-corrected chi connectivity index (χ3v) is 6.14. The number of aromatic nitrogens is 2. The number of imidazole rings is 1. The molecule has 1 fully saturated rings. The Morgan fingerprint density at radius 2 is 1.82 bits per heavy atom. The molecule has 4 aromatic rings.